The van der Waals surface area contributed by atoms with Gasteiger partial charge in [0.1, 0.15) is 23.5 Å². The average Bonchev–Trinajstić information content (AvgIpc) is 3.13. The van der Waals surface area contributed by atoms with E-state index in [0.29, 0.717) is 23.5 Å². The SMILES string of the molecule is COc1ccc(CN(CC=O)C(=O)/C=C/c2ccco2)c(OC)c1. The van der Waals surface area contributed by atoms with Gasteiger partial charge in [-0.2, -0.15) is 0 Å². The van der Waals surface area contributed by atoms with Crippen LogP contribution >= 0.6 is 0 Å². The fraction of sp³-hybridized carbons (Fsp3) is 0.222. The first-order valence-corrected chi connectivity index (χ1v) is 7.33. The van der Waals surface area contributed by atoms with Crippen molar-refractivity contribution in [1.82, 2.24) is 4.90 Å². The first kappa shape index (κ1) is 17.3. The molecule has 0 aliphatic heterocycles. The highest BCUT2D eigenvalue weighted by Gasteiger charge is 2.14. The summed E-state index contributed by atoms with van der Waals surface area (Å²) in [7, 11) is 3.11. The Hall–Kier alpha value is -3.02. The number of methoxy groups -OCH3 is 2. The Bertz CT molecular complexity index is 706. The van der Waals surface area contributed by atoms with Gasteiger partial charge in [0.2, 0.25) is 5.91 Å². The fourth-order valence-corrected chi connectivity index (χ4v) is 2.16. The lowest BCUT2D eigenvalue weighted by atomic mass is 10.1. The minimum atomic E-state index is -0.295. The number of rotatable bonds is 8. The molecule has 1 amide bonds. The summed E-state index contributed by atoms with van der Waals surface area (Å²) in [6.45, 7) is 0.226. The van der Waals surface area contributed by atoms with Crippen LogP contribution in [0.5, 0.6) is 11.5 Å². The van der Waals surface area contributed by atoms with E-state index in [9.17, 15) is 9.59 Å². The zero-order valence-electron chi connectivity index (χ0n) is 13.6. The molecular formula is C18H19NO5. The third-order valence-electron chi connectivity index (χ3n) is 3.40. The number of aldehydes is 1. The van der Waals surface area contributed by atoms with Gasteiger partial charge in [0, 0.05) is 17.7 Å². The Morgan fingerprint density at radius 1 is 1.25 bits per heavy atom. The molecule has 2 rings (SSSR count). The molecular weight excluding hydrogens is 310 g/mol. The third kappa shape index (κ3) is 4.49. The van der Waals surface area contributed by atoms with E-state index in [-0.39, 0.29) is 19.0 Å². The lowest BCUT2D eigenvalue weighted by molar-refractivity contribution is -0.129. The van der Waals surface area contributed by atoms with Crippen LogP contribution in [0, 0.1) is 0 Å². The molecule has 126 valence electrons. The maximum Gasteiger partial charge on any atom is 0.247 e. The Labute approximate surface area is 140 Å². The molecule has 0 saturated carbocycles. The number of nitrogens with zero attached hydrogens (tertiary/aromatic N) is 1. The lowest BCUT2D eigenvalue weighted by Gasteiger charge is -2.20. The first-order chi connectivity index (χ1) is 11.7. The normalized spacial score (nSPS) is 10.6. The van der Waals surface area contributed by atoms with Gasteiger partial charge in [0.15, 0.2) is 0 Å². The van der Waals surface area contributed by atoms with Crippen molar-refractivity contribution in [3.63, 3.8) is 0 Å². The highest BCUT2D eigenvalue weighted by Crippen LogP contribution is 2.25. The van der Waals surface area contributed by atoms with E-state index in [4.69, 9.17) is 13.9 Å². The Balaban J connectivity index is 2.15. The maximum absolute atomic E-state index is 12.3. The van der Waals surface area contributed by atoms with Crippen LogP contribution in [0.1, 0.15) is 11.3 Å². The standard InChI is InChI=1S/C18H19NO5/c1-22-16-6-5-14(17(12-16)23-2)13-19(9-10-20)18(21)8-7-15-4-3-11-24-15/h3-8,10-12H,9,13H2,1-2H3/b8-7+. The summed E-state index contributed by atoms with van der Waals surface area (Å²) in [5, 5.41) is 0. The summed E-state index contributed by atoms with van der Waals surface area (Å²) in [5.74, 6) is 1.52. The second kappa shape index (κ2) is 8.57. The smallest absolute Gasteiger partial charge is 0.247 e. The van der Waals surface area contributed by atoms with Gasteiger partial charge in [-0.25, -0.2) is 0 Å². The van der Waals surface area contributed by atoms with E-state index in [1.165, 1.54) is 17.2 Å². The lowest BCUT2D eigenvalue weighted by Crippen LogP contribution is -2.30. The number of furan rings is 1. The zero-order valence-corrected chi connectivity index (χ0v) is 13.6. The van der Waals surface area contributed by atoms with Gasteiger partial charge in [-0.1, -0.05) is 0 Å². The number of carbonyl (C=O) groups is 2. The molecule has 0 bridgehead atoms. The van der Waals surface area contributed by atoms with Crippen molar-refractivity contribution >= 4 is 18.3 Å². The number of amides is 1. The van der Waals surface area contributed by atoms with Crippen molar-refractivity contribution < 1.29 is 23.5 Å². The van der Waals surface area contributed by atoms with Gasteiger partial charge >= 0.3 is 0 Å². The molecule has 1 aromatic heterocycles. The van der Waals surface area contributed by atoms with Gasteiger partial charge in [-0.3, -0.25) is 4.79 Å². The van der Waals surface area contributed by atoms with Crippen LogP contribution in [-0.4, -0.2) is 37.9 Å². The van der Waals surface area contributed by atoms with E-state index in [2.05, 4.69) is 0 Å². The van der Waals surface area contributed by atoms with E-state index >= 15 is 0 Å². The van der Waals surface area contributed by atoms with Crippen molar-refractivity contribution in [2.45, 2.75) is 6.54 Å². The minimum Gasteiger partial charge on any atom is -0.497 e. The van der Waals surface area contributed by atoms with Crippen molar-refractivity contribution in [3.8, 4) is 11.5 Å². The fourth-order valence-electron chi connectivity index (χ4n) is 2.16. The van der Waals surface area contributed by atoms with Crippen LogP contribution in [0.15, 0.2) is 47.1 Å². The molecule has 0 unspecified atom stereocenters. The Morgan fingerprint density at radius 3 is 2.71 bits per heavy atom. The Kier molecular flexibility index (Phi) is 6.19. The monoisotopic (exact) mass is 329 g/mol. The van der Waals surface area contributed by atoms with Gasteiger partial charge in [0.25, 0.3) is 0 Å². The van der Waals surface area contributed by atoms with Gasteiger partial charge in [-0.15, -0.1) is 0 Å². The molecule has 0 fully saturated rings. The van der Waals surface area contributed by atoms with Crippen LogP contribution < -0.4 is 9.47 Å². The number of benzene rings is 1. The molecule has 0 atom stereocenters. The second-order valence-corrected chi connectivity index (χ2v) is 4.91. The van der Waals surface area contributed by atoms with Crippen LogP contribution in [-0.2, 0) is 16.1 Å². The van der Waals surface area contributed by atoms with Crippen LogP contribution in [0.3, 0.4) is 0 Å². The highest BCUT2D eigenvalue weighted by atomic mass is 16.5. The summed E-state index contributed by atoms with van der Waals surface area (Å²) in [5.41, 5.74) is 0.778. The Morgan fingerprint density at radius 2 is 2.08 bits per heavy atom. The van der Waals surface area contributed by atoms with Crippen LogP contribution in [0.4, 0.5) is 0 Å². The predicted octanol–water partition coefficient (Wildman–Crippen LogP) is 2.54. The topological polar surface area (TPSA) is 69.0 Å². The first-order valence-electron chi connectivity index (χ1n) is 7.33. The molecule has 0 N–H and O–H groups in total. The van der Waals surface area contributed by atoms with E-state index in [1.807, 2.05) is 0 Å². The molecule has 0 saturated heterocycles. The van der Waals surface area contributed by atoms with Gasteiger partial charge in [-0.05, 0) is 30.3 Å². The molecule has 1 heterocycles. The van der Waals surface area contributed by atoms with Crippen molar-refractivity contribution in [1.29, 1.82) is 0 Å². The maximum atomic E-state index is 12.3. The summed E-state index contributed by atoms with van der Waals surface area (Å²) in [6, 6.07) is 8.78. The summed E-state index contributed by atoms with van der Waals surface area (Å²) < 4.78 is 15.6. The summed E-state index contributed by atoms with van der Waals surface area (Å²) in [6.07, 6.45) is 5.15. The number of hydrogen-bond acceptors (Lipinski definition) is 5. The van der Waals surface area contributed by atoms with Crippen molar-refractivity contribution in [2.24, 2.45) is 0 Å². The van der Waals surface area contributed by atoms with E-state index in [0.717, 1.165) is 5.56 Å². The molecule has 6 nitrogen and oxygen atoms in total. The molecule has 6 heteroatoms. The molecule has 0 radical (unpaired) electrons. The number of hydrogen-bond donors (Lipinski definition) is 0. The molecule has 0 aliphatic rings. The van der Waals surface area contributed by atoms with Crippen LogP contribution in [0.2, 0.25) is 0 Å². The number of ether oxygens (including phenoxy) is 2. The van der Waals surface area contributed by atoms with E-state index in [1.54, 1.807) is 50.6 Å². The largest absolute Gasteiger partial charge is 0.497 e. The predicted molar refractivity (Wildman–Crippen MR) is 88.8 cm³/mol. The third-order valence-corrected chi connectivity index (χ3v) is 3.40. The second-order valence-electron chi connectivity index (χ2n) is 4.91. The molecule has 2 aromatic rings. The zero-order chi connectivity index (χ0) is 17.4. The summed E-state index contributed by atoms with van der Waals surface area (Å²) in [4.78, 5) is 24.7. The summed E-state index contributed by atoms with van der Waals surface area (Å²) >= 11 is 0. The van der Waals surface area contributed by atoms with Crippen molar-refractivity contribution in [2.75, 3.05) is 20.8 Å². The molecule has 24 heavy (non-hydrogen) atoms. The quantitative estimate of drug-likeness (QED) is 0.550. The van der Waals surface area contributed by atoms with Crippen molar-refractivity contribution in [3.05, 3.63) is 54.0 Å². The molecule has 0 spiro atoms. The molecule has 1 aromatic carbocycles. The van der Waals surface area contributed by atoms with E-state index < -0.39 is 0 Å². The van der Waals surface area contributed by atoms with Gasteiger partial charge < -0.3 is 23.6 Å². The van der Waals surface area contributed by atoms with Gasteiger partial charge in [0.05, 0.1) is 33.6 Å². The van der Waals surface area contributed by atoms with Crippen LogP contribution in [0.25, 0.3) is 6.08 Å². The highest BCUT2D eigenvalue weighted by molar-refractivity contribution is 5.92. The number of carbonyl (C=O) groups excluding carboxylic acids is 2. The molecule has 0 aliphatic carbocycles. The minimum absolute atomic E-state index is 0.0173. The average molecular weight is 329 g/mol.